The largest absolute Gasteiger partial charge is 0.352 e. The average Bonchev–Trinajstić information content (AvgIpc) is 3.23. The summed E-state index contributed by atoms with van der Waals surface area (Å²) in [6.45, 7) is 0.984. The quantitative estimate of drug-likeness (QED) is 0.335. The molecular weight excluding hydrogens is 504 g/mol. The number of rotatable bonds is 10. The summed E-state index contributed by atoms with van der Waals surface area (Å²) in [6.07, 6.45) is 9.59. The van der Waals surface area contributed by atoms with Gasteiger partial charge in [-0.1, -0.05) is 59.8 Å². The molecule has 4 rings (SSSR count). The molecule has 0 radical (unpaired) electrons. The molecule has 1 fully saturated rings. The van der Waals surface area contributed by atoms with Gasteiger partial charge in [0, 0.05) is 36.1 Å². The van der Waals surface area contributed by atoms with Crippen molar-refractivity contribution in [1.29, 1.82) is 0 Å². The molecule has 0 unspecified atom stereocenters. The Hall–Kier alpha value is -2.67. The van der Waals surface area contributed by atoms with Gasteiger partial charge in [0.25, 0.3) is 5.91 Å². The van der Waals surface area contributed by atoms with Gasteiger partial charge in [0.15, 0.2) is 0 Å². The highest BCUT2D eigenvalue weighted by Crippen LogP contribution is 2.23. The highest BCUT2D eigenvalue weighted by atomic mass is 79.9. The van der Waals surface area contributed by atoms with Crippen molar-refractivity contribution < 1.29 is 9.59 Å². The Morgan fingerprint density at radius 3 is 2.66 bits per heavy atom. The normalized spacial score (nSPS) is 14.2. The first kappa shape index (κ1) is 25.4. The van der Waals surface area contributed by atoms with Crippen LogP contribution in [-0.4, -0.2) is 45.9 Å². The number of fused-ring (bicyclic) bond motifs is 1. The molecule has 1 aromatic heterocycles. The summed E-state index contributed by atoms with van der Waals surface area (Å²) in [5.41, 5.74) is 2.63. The Morgan fingerprint density at radius 2 is 1.86 bits per heavy atom. The molecule has 186 valence electrons. The molecule has 1 aliphatic rings. The van der Waals surface area contributed by atoms with Gasteiger partial charge < -0.3 is 14.8 Å². The molecule has 1 saturated carbocycles. The minimum absolute atomic E-state index is 0.0475. The molecule has 2 aromatic carbocycles. The van der Waals surface area contributed by atoms with Gasteiger partial charge in [-0.2, -0.15) is 0 Å². The van der Waals surface area contributed by atoms with Crippen LogP contribution in [0.3, 0.4) is 0 Å². The number of nitrogens with zero attached hydrogens (tertiary/aromatic N) is 3. The number of imidazole rings is 1. The Bertz CT molecular complexity index is 1150. The number of hydrogen-bond acceptors (Lipinski definition) is 3. The molecule has 0 bridgehead atoms. The molecule has 1 aliphatic carbocycles. The van der Waals surface area contributed by atoms with Crippen LogP contribution in [0.4, 0.5) is 0 Å². The van der Waals surface area contributed by atoms with Crippen molar-refractivity contribution >= 4 is 38.8 Å². The van der Waals surface area contributed by atoms with Crippen LogP contribution >= 0.6 is 15.9 Å². The first-order valence-corrected chi connectivity index (χ1v) is 13.6. The molecule has 0 aliphatic heterocycles. The van der Waals surface area contributed by atoms with Crippen LogP contribution in [0.2, 0.25) is 0 Å². The molecule has 1 N–H and O–H groups in total. The zero-order valence-electron chi connectivity index (χ0n) is 20.5. The third-order valence-corrected chi connectivity index (χ3v) is 7.49. The predicted octanol–water partition coefficient (Wildman–Crippen LogP) is 5.73. The lowest BCUT2D eigenvalue weighted by Gasteiger charge is -2.31. The lowest BCUT2D eigenvalue weighted by atomic mass is 9.94. The highest BCUT2D eigenvalue weighted by Gasteiger charge is 2.23. The number of nitrogens with one attached hydrogen (secondary N) is 1. The fraction of sp³-hybridized carbons (Fsp3) is 0.464. The topological polar surface area (TPSA) is 67.2 Å². The van der Waals surface area contributed by atoms with Gasteiger partial charge in [-0.25, -0.2) is 4.98 Å². The van der Waals surface area contributed by atoms with E-state index in [1.54, 1.807) is 0 Å². The van der Waals surface area contributed by atoms with Gasteiger partial charge in [-0.3, -0.25) is 9.59 Å². The monoisotopic (exact) mass is 538 g/mol. The maximum atomic E-state index is 13.2. The van der Waals surface area contributed by atoms with E-state index in [-0.39, 0.29) is 11.8 Å². The fourth-order valence-electron chi connectivity index (χ4n) is 4.93. The van der Waals surface area contributed by atoms with Crippen LogP contribution in [0.15, 0.2) is 53.0 Å². The van der Waals surface area contributed by atoms with Crippen LogP contribution in [0.5, 0.6) is 0 Å². The fourth-order valence-corrected chi connectivity index (χ4v) is 5.33. The van der Waals surface area contributed by atoms with E-state index in [4.69, 9.17) is 4.98 Å². The molecule has 0 saturated heterocycles. The first-order chi connectivity index (χ1) is 17.0. The van der Waals surface area contributed by atoms with Crippen molar-refractivity contribution in [3.05, 3.63) is 64.4 Å². The smallest absolute Gasteiger partial charge is 0.251 e. The standard InChI is InChI=1S/C28H35BrN4O2/c1-32(23-13-4-2-5-14-23)27(34)20-33-25-16-8-7-15-24(25)31-26(33)17-6-3-9-18-30-28(35)21-11-10-12-22(29)19-21/h7-8,10-12,15-16,19,23H,2-6,9,13-14,17-18,20H2,1H3,(H,30,35). The average molecular weight is 540 g/mol. The molecule has 35 heavy (non-hydrogen) atoms. The zero-order chi connectivity index (χ0) is 24.6. The van der Waals surface area contributed by atoms with Gasteiger partial charge in [0.2, 0.25) is 5.91 Å². The summed E-state index contributed by atoms with van der Waals surface area (Å²) in [4.78, 5) is 32.3. The molecule has 2 amide bonds. The number of halogens is 1. The highest BCUT2D eigenvalue weighted by molar-refractivity contribution is 9.10. The van der Waals surface area contributed by atoms with Crippen LogP contribution in [0.1, 0.15) is 67.5 Å². The Balaban J connectivity index is 1.30. The molecule has 6 nitrogen and oxygen atoms in total. The van der Waals surface area contributed by atoms with Crippen LogP contribution in [0, 0.1) is 0 Å². The predicted molar refractivity (Wildman–Crippen MR) is 143 cm³/mol. The third-order valence-electron chi connectivity index (χ3n) is 6.99. The van der Waals surface area contributed by atoms with E-state index in [1.165, 1.54) is 19.3 Å². The number of benzene rings is 2. The number of aryl methyl sites for hydroxylation is 1. The summed E-state index contributed by atoms with van der Waals surface area (Å²) in [5, 5.41) is 3.00. The number of carbonyl (C=O) groups is 2. The number of carbonyl (C=O) groups excluding carboxylic acids is 2. The number of likely N-dealkylation sites (N-methyl/N-ethyl adjacent to an activating group) is 1. The summed E-state index contributed by atoms with van der Waals surface area (Å²) in [5.74, 6) is 1.08. The Kier molecular flexibility index (Phi) is 8.96. The lowest BCUT2D eigenvalue weighted by Crippen LogP contribution is -2.40. The molecule has 7 heteroatoms. The summed E-state index contributed by atoms with van der Waals surface area (Å²) in [6, 6.07) is 15.8. The van der Waals surface area contributed by atoms with E-state index < -0.39 is 0 Å². The van der Waals surface area contributed by atoms with Gasteiger partial charge in [-0.05, 0) is 56.0 Å². The second kappa shape index (κ2) is 12.3. The van der Waals surface area contributed by atoms with Crippen molar-refractivity contribution in [3.63, 3.8) is 0 Å². The number of hydrogen-bond donors (Lipinski definition) is 1. The van der Waals surface area contributed by atoms with Gasteiger partial charge in [0.1, 0.15) is 12.4 Å². The molecule has 3 aromatic rings. The van der Waals surface area contributed by atoms with Crippen molar-refractivity contribution in [2.24, 2.45) is 0 Å². The van der Waals surface area contributed by atoms with Crippen molar-refractivity contribution in [2.45, 2.75) is 70.4 Å². The Morgan fingerprint density at radius 1 is 1.06 bits per heavy atom. The molecule has 0 spiro atoms. The molecule has 1 heterocycles. The summed E-state index contributed by atoms with van der Waals surface area (Å²) in [7, 11) is 1.96. The number of para-hydroxylation sites is 2. The number of aromatic nitrogens is 2. The third kappa shape index (κ3) is 6.72. The second-order valence-corrected chi connectivity index (χ2v) is 10.4. The van der Waals surface area contributed by atoms with Gasteiger partial charge in [-0.15, -0.1) is 0 Å². The van der Waals surface area contributed by atoms with Crippen molar-refractivity contribution in [3.8, 4) is 0 Å². The maximum Gasteiger partial charge on any atom is 0.251 e. The number of amides is 2. The van der Waals surface area contributed by atoms with Crippen molar-refractivity contribution in [1.82, 2.24) is 19.8 Å². The van der Waals surface area contributed by atoms with E-state index >= 15 is 0 Å². The minimum atomic E-state index is -0.0475. The minimum Gasteiger partial charge on any atom is -0.352 e. The Labute approximate surface area is 216 Å². The summed E-state index contributed by atoms with van der Waals surface area (Å²) < 4.78 is 3.00. The van der Waals surface area contributed by atoms with E-state index in [1.807, 2.05) is 54.4 Å². The van der Waals surface area contributed by atoms with E-state index in [9.17, 15) is 9.59 Å². The number of unbranched alkanes of at least 4 members (excludes halogenated alkanes) is 2. The van der Waals surface area contributed by atoms with Crippen LogP contribution in [0.25, 0.3) is 11.0 Å². The van der Waals surface area contributed by atoms with Crippen LogP contribution in [-0.2, 0) is 17.8 Å². The van der Waals surface area contributed by atoms with E-state index in [2.05, 4.69) is 31.9 Å². The summed E-state index contributed by atoms with van der Waals surface area (Å²) >= 11 is 3.40. The van der Waals surface area contributed by atoms with Crippen LogP contribution < -0.4 is 5.32 Å². The van der Waals surface area contributed by atoms with Gasteiger partial charge >= 0.3 is 0 Å². The molecular formula is C28H35BrN4O2. The molecule has 0 atom stereocenters. The van der Waals surface area contributed by atoms with Gasteiger partial charge in [0.05, 0.1) is 11.0 Å². The second-order valence-electron chi connectivity index (χ2n) is 9.48. The van der Waals surface area contributed by atoms with Crippen molar-refractivity contribution in [2.75, 3.05) is 13.6 Å². The zero-order valence-corrected chi connectivity index (χ0v) is 22.1. The first-order valence-electron chi connectivity index (χ1n) is 12.8. The van der Waals surface area contributed by atoms with E-state index in [0.29, 0.717) is 24.7 Å². The lowest BCUT2D eigenvalue weighted by molar-refractivity contribution is -0.133. The maximum absolute atomic E-state index is 13.2. The SMILES string of the molecule is CN(C(=O)Cn1c(CCCCCNC(=O)c2cccc(Br)c2)nc2ccccc21)C1CCCCC1. The van der Waals surface area contributed by atoms with E-state index in [0.717, 1.165) is 59.9 Å².